The number of carbonyl (C=O) groups is 2. The molecule has 2 N–H and O–H groups in total. The van der Waals surface area contributed by atoms with Crippen LogP contribution in [0.1, 0.15) is 34.6 Å². The van der Waals surface area contributed by atoms with Crippen molar-refractivity contribution in [1.29, 1.82) is 0 Å². The summed E-state index contributed by atoms with van der Waals surface area (Å²) in [7, 11) is 1.56. The lowest BCUT2D eigenvalue weighted by Gasteiger charge is -2.27. The van der Waals surface area contributed by atoms with Gasteiger partial charge >= 0.3 is 0 Å². The Hall–Kier alpha value is -0.570. The van der Waals surface area contributed by atoms with Gasteiger partial charge in [-0.1, -0.05) is 61.7 Å². The Morgan fingerprint density at radius 1 is 1.14 bits per heavy atom. The smallest absolute Gasteiger partial charge is 0.258 e. The largest absolute Gasteiger partial charge is 0.373 e. The summed E-state index contributed by atoms with van der Waals surface area (Å²) in [5.41, 5.74) is 2.91. The zero-order chi connectivity index (χ0) is 22.8. The Balaban J connectivity index is 4.56. The number of hydrogen-bond acceptors (Lipinski definition) is 5. The number of nitrogens with one attached hydrogen (secondary N) is 2. The third-order valence-corrected chi connectivity index (χ3v) is 4.34. The molecule has 0 heterocycles. The van der Waals surface area contributed by atoms with E-state index in [9.17, 15) is 9.59 Å². The second-order valence-electron chi connectivity index (χ2n) is 7.44. The maximum absolute atomic E-state index is 12.6. The predicted molar refractivity (Wildman–Crippen MR) is 118 cm³/mol. The summed E-state index contributed by atoms with van der Waals surface area (Å²) in [6.45, 7) is 13.5. The van der Waals surface area contributed by atoms with Crippen molar-refractivity contribution in [2.45, 2.75) is 56.7 Å². The third-order valence-electron chi connectivity index (χ3n) is 4.01. The molecule has 0 fully saturated rings. The van der Waals surface area contributed by atoms with Crippen LogP contribution in [0.2, 0.25) is 0 Å². The molecule has 0 aromatic rings. The number of likely N-dealkylation sites (N-methyl/N-ethyl adjacent to an activating group) is 1. The van der Waals surface area contributed by atoms with Crippen molar-refractivity contribution in [3.63, 3.8) is 0 Å². The fraction of sp³-hybridized carbons (Fsp3) is 0.789. The standard InChI is InChI=1S/C19H34Cl3N3O4/c1-8-13(4)10-28-16(12(2)3)17(26)24-15(6)18(27)25(7)23-9-14(5)29-11-19(20,21)22/h8,12-16,23H,1,9-11H2,2-7H3,(H,24,26). The molecule has 0 aromatic heterocycles. The molecule has 4 unspecified atom stereocenters. The van der Waals surface area contributed by atoms with E-state index >= 15 is 0 Å². The molecule has 0 saturated heterocycles. The van der Waals surface area contributed by atoms with Gasteiger partial charge in [0.05, 0.1) is 19.3 Å². The number of hydrazine groups is 1. The Morgan fingerprint density at radius 2 is 1.72 bits per heavy atom. The minimum absolute atomic E-state index is 0.0407. The first-order valence-electron chi connectivity index (χ1n) is 9.52. The van der Waals surface area contributed by atoms with Gasteiger partial charge in [-0.3, -0.25) is 14.6 Å². The van der Waals surface area contributed by atoms with Gasteiger partial charge in [-0.05, 0) is 25.7 Å². The van der Waals surface area contributed by atoms with Crippen LogP contribution < -0.4 is 10.7 Å². The number of carbonyl (C=O) groups excluding carboxylic acids is 2. The van der Waals surface area contributed by atoms with E-state index in [-0.39, 0.29) is 36.4 Å². The fourth-order valence-corrected chi connectivity index (χ4v) is 2.37. The number of nitrogens with zero attached hydrogens (tertiary/aromatic N) is 1. The van der Waals surface area contributed by atoms with E-state index in [4.69, 9.17) is 44.3 Å². The zero-order valence-electron chi connectivity index (χ0n) is 18.0. The van der Waals surface area contributed by atoms with E-state index in [0.717, 1.165) is 0 Å². The minimum atomic E-state index is -1.49. The average molecular weight is 475 g/mol. The molecular formula is C19H34Cl3N3O4. The molecule has 0 spiro atoms. The Morgan fingerprint density at radius 3 is 2.21 bits per heavy atom. The summed E-state index contributed by atoms with van der Waals surface area (Å²) in [5.74, 6) is -0.552. The molecule has 0 bridgehead atoms. The van der Waals surface area contributed by atoms with E-state index in [0.29, 0.717) is 13.2 Å². The number of ether oxygens (including phenoxy) is 2. The van der Waals surface area contributed by atoms with Crippen molar-refractivity contribution in [2.75, 3.05) is 26.8 Å². The van der Waals surface area contributed by atoms with Gasteiger partial charge in [0, 0.05) is 13.6 Å². The number of amides is 2. The predicted octanol–water partition coefficient (Wildman–Crippen LogP) is 3.09. The first-order valence-corrected chi connectivity index (χ1v) is 10.7. The fourth-order valence-electron chi connectivity index (χ4n) is 2.18. The summed E-state index contributed by atoms with van der Waals surface area (Å²) in [4.78, 5) is 25.1. The molecule has 0 saturated carbocycles. The monoisotopic (exact) mass is 473 g/mol. The third kappa shape index (κ3) is 12.7. The van der Waals surface area contributed by atoms with Crippen LogP contribution in [0.3, 0.4) is 0 Å². The topological polar surface area (TPSA) is 79.9 Å². The maximum atomic E-state index is 12.6. The summed E-state index contributed by atoms with van der Waals surface area (Å²) in [5, 5.41) is 4.01. The number of alkyl halides is 3. The Bertz CT molecular complexity index is 529. The summed E-state index contributed by atoms with van der Waals surface area (Å²) >= 11 is 16.9. The highest BCUT2D eigenvalue weighted by molar-refractivity contribution is 6.67. The van der Waals surface area contributed by atoms with Crippen LogP contribution >= 0.6 is 34.8 Å². The van der Waals surface area contributed by atoms with Gasteiger partial charge in [0.2, 0.25) is 9.70 Å². The van der Waals surface area contributed by atoms with Crippen LogP contribution in [-0.4, -0.2) is 65.7 Å². The molecule has 7 nitrogen and oxygen atoms in total. The first-order chi connectivity index (χ1) is 13.3. The zero-order valence-corrected chi connectivity index (χ0v) is 20.3. The van der Waals surface area contributed by atoms with Crippen LogP contribution in [-0.2, 0) is 19.1 Å². The molecule has 170 valence electrons. The van der Waals surface area contributed by atoms with Gasteiger partial charge < -0.3 is 14.8 Å². The molecular weight excluding hydrogens is 441 g/mol. The van der Waals surface area contributed by atoms with Crippen LogP contribution in [0.4, 0.5) is 0 Å². The Labute approximate surface area is 189 Å². The quantitative estimate of drug-likeness (QED) is 0.244. The van der Waals surface area contributed by atoms with E-state index in [2.05, 4.69) is 17.3 Å². The molecule has 0 aromatic carbocycles. The van der Waals surface area contributed by atoms with Crippen molar-refractivity contribution in [3.05, 3.63) is 12.7 Å². The minimum Gasteiger partial charge on any atom is -0.373 e. The second-order valence-corrected chi connectivity index (χ2v) is 9.95. The highest BCUT2D eigenvalue weighted by Gasteiger charge is 2.28. The normalized spacial score (nSPS) is 16.1. The van der Waals surface area contributed by atoms with Crippen molar-refractivity contribution in [1.82, 2.24) is 15.8 Å². The van der Waals surface area contributed by atoms with E-state index in [1.165, 1.54) is 5.01 Å². The molecule has 0 aliphatic carbocycles. The van der Waals surface area contributed by atoms with Gasteiger partial charge in [0.15, 0.2) is 0 Å². The van der Waals surface area contributed by atoms with Gasteiger partial charge in [-0.2, -0.15) is 0 Å². The average Bonchev–Trinajstić information content (AvgIpc) is 2.62. The maximum Gasteiger partial charge on any atom is 0.258 e. The molecule has 0 aliphatic heterocycles. The van der Waals surface area contributed by atoms with Gasteiger partial charge in [0.1, 0.15) is 12.1 Å². The lowest BCUT2D eigenvalue weighted by Crippen LogP contribution is -2.54. The lowest BCUT2D eigenvalue weighted by atomic mass is 10.1. The SMILES string of the molecule is C=CC(C)COC(C(=O)NC(C)C(=O)N(C)NCC(C)OCC(Cl)(Cl)Cl)C(C)C. The van der Waals surface area contributed by atoms with Crippen molar-refractivity contribution in [2.24, 2.45) is 11.8 Å². The summed E-state index contributed by atoms with van der Waals surface area (Å²) in [6.07, 6.45) is 0.817. The van der Waals surface area contributed by atoms with Crippen LogP contribution in [0, 0.1) is 11.8 Å². The van der Waals surface area contributed by atoms with Crippen molar-refractivity contribution >= 4 is 46.6 Å². The number of halogens is 3. The first kappa shape index (κ1) is 28.4. The summed E-state index contributed by atoms with van der Waals surface area (Å²) < 4.78 is 9.61. The lowest BCUT2D eigenvalue weighted by molar-refractivity contribution is -0.143. The van der Waals surface area contributed by atoms with Crippen molar-refractivity contribution in [3.8, 4) is 0 Å². The Kier molecular flexibility index (Phi) is 13.4. The van der Waals surface area contributed by atoms with E-state index < -0.39 is 15.9 Å². The molecule has 10 heteroatoms. The van der Waals surface area contributed by atoms with Gasteiger partial charge in [0.25, 0.3) is 5.91 Å². The highest BCUT2D eigenvalue weighted by atomic mass is 35.6. The molecule has 0 radical (unpaired) electrons. The number of hydrogen-bond donors (Lipinski definition) is 2. The second kappa shape index (κ2) is 13.7. The van der Waals surface area contributed by atoms with Crippen molar-refractivity contribution < 1.29 is 19.1 Å². The molecule has 4 atom stereocenters. The summed E-state index contributed by atoms with van der Waals surface area (Å²) in [6, 6.07) is -0.737. The van der Waals surface area contributed by atoms with Gasteiger partial charge in [-0.15, -0.1) is 6.58 Å². The molecule has 29 heavy (non-hydrogen) atoms. The van der Waals surface area contributed by atoms with Crippen LogP contribution in [0.15, 0.2) is 12.7 Å². The van der Waals surface area contributed by atoms with Crippen LogP contribution in [0.5, 0.6) is 0 Å². The molecule has 2 amide bonds. The molecule has 0 aliphatic rings. The van der Waals surface area contributed by atoms with Gasteiger partial charge in [-0.25, -0.2) is 5.43 Å². The van der Waals surface area contributed by atoms with Crippen LogP contribution in [0.25, 0.3) is 0 Å². The van der Waals surface area contributed by atoms with E-state index in [1.54, 1.807) is 27.0 Å². The highest BCUT2D eigenvalue weighted by Crippen LogP contribution is 2.26. The molecule has 0 rings (SSSR count). The van der Waals surface area contributed by atoms with E-state index in [1.807, 2.05) is 20.8 Å². The number of rotatable bonds is 13.